The summed E-state index contributed by atoms with van der Waals surface area (Å²) in [7, 11) is 0. The lowest BCUT2D eigenvalue weighted by Crippen LogP contribution is -1.89. The van der Waals surface area contributed by atoms with Gasteiger partial charge < -0.3 is 0 Å². The molecule has 3 heteroatoms. The third-order valence-electron chi connectivity index (χ3n) is 1.25. The van der Waals surface area contributed by atoms with Crippen molar-refractivity contribution in [1.29, 1.82) is 0 Å². The molecule has 0 fully saturated rings. The second-order valence-electron chi connectivity index (χ2n) is 2.09. The summed E-state index contributed by atoms with van der Waals surface area (Å²) in [5.74, 6) is 0. The molecular weight excluding hydrogens is 192 g/mol. The molecule has 1 heterocycles. The molecule has 1 aromatic heterocycles. The van der Waals surface area contributed by atoms with Crippen molar-refractivity contribution in [3.8, 4) is 0 Å². The van der Waals surface area contributed by atoms with Gasteiger partial charge in [-0.05, 0) is 22.4 Å². The van der Waals surface area contributed by atoms with Crippen molar-refractivity contribution in [2.45, 2.75) is 19.8 Å². The summed E-state index contributed by atoms with van der Waals surface area (Å²) < 4.78 is 0.921. The van der Waals surface area contributed by atoms with Gasteiger partial charge in [-0.1, -0.05) is 13.3 Å². The molecule has 54 valence electrons. The molecule has 0 spiro atoms. The number of nitrogens with zero attached hydrogens (tertiary/aromatic N) is 2. The Morgan fingerprint density at radius 1 is 1.60 bits per heavy atom. The number of halogens is 1. The van der Waals surface area contributed by atoms with Gasteiger partial charge in [0, 0.05) is 11.8 Å². The van der Waals surface area contributed by atoms with Gasteiger partial charge in [0.2, 0.25) is 0 Å². The van der Waals surface area contributed by atoms with E-state index in [-0.39, 0.29) is 0 Å². The molecule has 0 amide bonds. The van der Waals surface area contributed by atoms with Gasteiger partial charge in [0.15, 0.2) is 0 Å². The first-order chi connectivity index (χ1) is 4.84. The van der Waals surface area contributed by atoms with Gasteiger partial charge >= 0.3 is 0 Å². The summed E-state index contributed by atoms with van der Waals surface area (Å²) in [6.07, 6.45) is 5.57. The Labute approximate surface area is 68.8 Å². The highest BCUT2D eigenvalue weighted by Gasteiger charge is 1.96. The van der Waals surface area contributed by atoms with Gasteiger partial charge in [-0.15, -0.1) is 0 Å². The van der Waals surface area contributed by atoms with Gasteiger partial charge in [0.1, 0.15) is 10.9 Å². The van der Waals surface area contributed by atoms with Crippen molar-refractivity contribution in [3.63, 3.8) is 0 Å². The molecule has 0 atom stereocenters. The molecule has 0 N–H and O–H groups in total. The molecule has 1 rings (SSSR count). The van der Waals surface area contributed by atoms with E-state index >= 15 is 0 Å². The molecule has 0 bridgehead atoms. The topological polar surface area (TPSA) is 25.8 Å². The second kappa shape index (κ2) is 3.66. The first-order valence-corrected chi connectivity index (χ1v) is 4.08. The molecule has 0 radical (unpaired) electrons. The average Bonchev–Trinajstić information content (AvgIpc) is 1.94. The Morgan fingerprint density at radius 3 is 3.00 bits per heavy atom. The predicted octanol–water partition coefficient (Wildman–Crippen LogP) is 2.19. The third-order valence-corrected chi connectivity index (χ3v) is 1.97. The highest BCUT2D eigenvalue weighted by atomic mass is 79.9. The highest BCUT2D eigenvalue weighted by Crippen LogP contribution is 2.12. The monoisotopic (exact) mass is 200 g/mol. The first kappa shape index (κ1) is 7.66. The maximum Gasteiger partial charge on any atom is 0.116 e. The minimum Gasteiger partial charge on any atom is -0.244 e. The Morgan fingerprint density at radius 2 is 2.40 bits per heavy atom. The van der Waals surface area contributed by atoms with Crippen molar-refractivity contribution in [2.75, 3.05) is 0 Å². The van der Waals surface area contributed by atoms with Crippen molar-refractivity contribution < 1.29 is 0 Å². The zero-order valence-electron chi connectivity index (χ0n) is 5.84. The van der Waals surface area contributed by atoms with Crippen LogP contribution >= 0.6 is 15.9 Å². The van der Waals surface area contributed by atoms with Crippen LogP contribution in [0.1, 0.15) is 18.9 Å². The number of hydrogen-bond donors (Lipinski definition) is 0. The Kier molecular flexibility index (Phi) is 2.81. The first-order valence-electron chi connectivity index (χ1n) is 3.29. The van der Waals surface area contributed by atoms with Crippen LogP contribution in [0.3, 0.4) is 0 Å². The minimum absolute atomic E-state index is 0.921. The molecule has 0 saturated carbocycles. The van der Waals surface area contributed by atoms with E-state index in [9.17, 15) is 0 Å². The minimum atomic E-state index is 0.921. The molecule has 0 aliphatic carbocycles. The van der Waals surface area contributed by atoms with Gasteiger partial charge in [0.25, 0.3) is 0 Å². The van der Waals surface area contributed by atoms with Crippen LogP contribution in [0.5, 0.6) is 0 Å². The lowest BCUT2D eigenvalue weighted by atomic mass is 10.2. The van der Waals surface area contributed by atoms with E-state index in [1.807, 2.05) is 6.20 Å². The molecule has 0 aliphatic heterocycles. The molecule has 0 aromatic carbocycles. The van der Waals surface area contributed by atoms with Crippen LogP contribution < -0.4 is 0 Å². The maximum atomic E-state index is 4.00. The largest absolute Gasteiger partial charge is 0.244 e. The van der Waals surface area contributed by atoms with Gasteiger partial charge in [-0.3, -0.25) is 0 Å². The third kappa shape index (κ3) is 1.77. The zero-order chi connectivity index (χ0) is 7.40. The van der Waals surface area contributed by atoms with E-state index < -0.39 is 0 Å². The quantitative estimate of drug-likeness (QED) is 0.685. The average molecular weight is 201 g/mol. The summed E-state index contributed by atoms with van der Waals surface area (Å²) in [6.45, 7) is 2.14. The van der Waals surface area contributed by atoms with Crippen LogP contribution in [0, 0.1) is 0 Å². The Bertz CT molecular complexity index is 213. The van der Waals surface area contributed by atoms with Crippen molar-refractivity contribution in [2.24, 2.45) is 0 Å². The maximum absolute atomic E-state index is 4.00. The Balaban J connectivity index is 2.81. The molecule has 10 heavy (non-hydrogen) atoms. The lowest BCUT2D eigenvalue weighted by molar-refractivity contribution is 0.891. The molecule has 0 unspecified atom stereocenters. The normalized spacial score (nSPS) is 9.80. The number of rotatable bonds is 2. The lowest BCUT2D eigenvalue weighted by Gasteiger charge is -1.97. The van der Waals surface area contributed by atoms with Crippen LogP contribution in [0.2, 0.25) is 0 Å². The second-order valence-corrected chi connectivity index (χ2v) is 2.84. The smallest absolute Gasteiger partial charge is 0.116 e. The fourth-order valence-corrected chi connectivity index (χ4v) is 1.17. The zero-order valence-corrected chi connectivity index (χ0v) is 7.43. The molecule has 0 saturated heterocycles. The van der Waals surface area contributed by atoms with Gasteiger partial charge in [-0.2, -0.15) is 0 Å². The van der Waals surface area contributed by atoms with Gasteiger partial charge in [-0.25, -0.2) is 9.97 Å². The van der Waals surface area contributed by atoms with Crippen LogP contribution in [0.4, 0.5) is 0 Å². The predicted molar refractivity (Wildman–Crippen MR) is 43.7 cm³/mol. The van der Waals surface area contributed by atoms with Crippen LogP contribution in [0.25, 0.3) is 0 Å². The van der Waals surface area contributed by atoms with Crippen molar-refractivity contribution >= 4 is 15.9 Å². The van der Waals surface area contributed by atoms with E-state index in [0.29, 0.717) is 0 Å². The summed E-state index contributed by atoms with van der Waals surface area (Å²) in [6, 6.07) is 0. The van der Waals surface area contributed by atoms with Crippen LogP contribution in [-0.2, 0) is 6.42 Å². The van der Waals surface area contributed by atoms with E-state index in [2.05, 4.69) is 32.8 Å². The molecule has 0 aliphatic rings. The fraction of sp³-hybridized carbons (Fsp3) is 0.429. The van der Waals surface area contributed by atoms with E-state index in [1.165, 1.54) is 5.56 Å². The fourth-order valence-electron chi connectivity index (χ4n) is 0.781. The molecule has 2 nitrogen and oxygen atoms in total. The highest BCUT2D eigenvalue weighted by molar-refractivity contribution is 9.10. The van der Waals surface area contributed by atoms with E-state index in [0.717, 1.165) is 17.4 Å². The standard InChI is InChI=1S/C7H9BrN2/c1-2-3-6-4-9-5-10-7(6)8/h4-5H,2-3H2,1H3. The van der Waals surface area contributed by atoms with E-state index in [4.69, 9.17) is 0 Å². The van der Waals surface area contributed by atoms with Crippen molar-refractivity contribution in [1.82, 2.24) is 9.97 Å². The SMILES string of the molecule is CCCc1cncnc1Br. The van der Waals surface area contributed by atoms with Gasteiger partial charge in [0.05, 0.1) is 0 Å². The number of hydrogen-bond acceptors (Lipinski definition) is 2. The number of aryl methyl sites for hydroxylation is 1. The summed E-state index contributed by atoms with van der Waals surface area (Å²) in [4.78, 5) is 7.93. The molecular formula is C7H9BrN2. The molecule has 1 aromatic rings. The van der Waals surface area contributed by atoms with Crippen molar-refractivity contribution in [3.05, 3.63) is 22.7 Å². The Hall–Kier alpha value is -0.440. The summed E-state index contributed by atoms with van der Waals surface area (Å²) in [5, 5.41) is 0. The van der Waals surface area contributed by atoms with Crippen LogP contribution in [-0.4, -0.2) is 9.97 Å². The van der Waals surface area contributed by atoms with Crippen LogP contribution in [0.15, 0.2) is 17.1 Å². The van der Waals surface area contributed by atoms with E-state index in [1.54, 1.807) is 6.33 Å². The summed E-state index contributed by atoms with van der Waals surface area (Å²) >= 11 is 3.35. The number of aromatic nitrogens is 2. The summed E-state index contributed by atoms with van der Waals surface area (Å²) in [5.41, 5.74) is 1.19.